The molecule has 80 valence electrons. The Balaban J connectivity index is 1.67. The molecule has 0 saturated heterocycles. The highest BCUT2D eigenvalue weighted by atomic mass is 35.5. The maximum absolute atomic E-state index is 5.80. The molecule has 4 nitrogen and oxygen atoms in total. The largest absolute Gasteiger partial charge is 0.343 e. The van der Waals surface area contributed by atoms with Gasteiger partial charge in [-0.25, -0.2) is 0 Å². The maximum atomic E-state index is 5.80. The van der Waals surface area contributed by atoms with Gasteiger partial charge in [0, 0.05) is 29.8 Å². The van der Waals surface area contributed by atoms with Gasteiger partial charge in [0.1, 0.15) is 0 Å². The second-order valence-electron chi connectivity index (χ2n) is 3.01. The van der Waals surface area contributed by atoms with Gasteiger partial charge in [-0.3, -0.25) is 0 Å². The predicted molar refractivity (Wildman–Crippen MR) is 59.0 cm³/mol. The van der Waals surface area contributed by atoms with E-state index in [1.54, 1.807) is 11.3 Å². The van der Waals surface area contributed by atoms with E-state index in [4.69, 9.17) is 11.6 Å². The average Bonchev–Trinajstić information content (AvgIpc) is 2.84. The number of halogens is 1. The van der Waals surface area contributed by atoms with Crippen LogP contribution in [-0.2, 0) is 13.0 Å². The number of hydrogen-bond donors (Lipinski definition) is 1. The van der Waals surface area contributed by atoms with Crippen LogP contribution in [0.4, 0.5) is 0 Å². The van der Waals surface area contributed by atoms with Gasteiger partial charge in [0.15, 0.2) is 5.82 Å². The lowest BCUT2D eigenvalue weighted by molar-refractivity contribution is 0.409. The van der Waals surface area contributed by atoms with Gasteiger partial charge in [-0.05, 0) is 6.07 Å². The quantitative estimate of drug-likeness (QED) is 0.818. The van der Waals surface area contributed by atoms with E-state index in [0.29, 0.717) is 0 Å². The van der Waals surface area contributed by atoms with Gasteiger partial charge in [-0.2, -0.15) is 4.98 Å². The smallest absolute Gasteiger partial charge is 0.213 e. The minimum absolute atomic E-state index is 0.728. The second kappa shape index (κ2) is 5.25. The van der Waals surface area contributed by atoms with E-state index in [9.17, 15) is 0 Å². The topological polar surface area (TPSA) is 51.0 Å². The number of aromatic nitrogens is 2. The van der Waals surface area contributed by atoms with Crippen molar-refractivity contribution in [2.45, 2.75) is 13.0 Å². The Labute approximate surface area is 96.3 Å². The highest BCUT2D eigenvalue weighted by molar-refractivity contribution is 7.10. The molecule has 0 aromatic carbocycles. The molecule has 0 amide bonds. The molecule has 0 unspecified atom stereocenters. The van der Waals surface area contributed by atoms with Crippen molar-refractivity contribution in [1.29, 1.82) is 0 Å². The van der Waals surface area contributed by atoms with Crippen LogP contribution in [0.25, 0.3) is 0 Å². The number of thiophene rings is 1. The molecule has 6 heteroatoms. The summed E-state index contributed by atoms with van der Waals surface area (Å²) in [6, 6.07) is 1.97. The zero-order chi connectivity index (χ0) is 10.5. The fourth-order valence-electron chi connectivity index (χ4n) is 1.16. The molecule has 0 fully saturated rings. The minimum atomic E-state index is 0.728. The van der Waals surface area contributed by atoms with Gasteiger partial charge in [0.2, 0.25) is 6.39 Å². The Morgan fingerprint density at radius 2 is 2.47 bits per heavy atom. The molecule has 0 bridgehead atoms. The maximum Gasteiger partial charge on any atom is 0.213 e. The third-order valence-corrected chi connectivity index (χ3v) is 3.14. The zero-order valence-electron chi connectivity index (χ0n) is 7.94. The molecular weight excluding hydrogens is 234 g/mol. The normalized spacial score (nSPS) is 10.7. The summed E-state index contributed by atoms with van der Waals surface area (Å²) in [5, 5.41) is 9.73. The van der Waals surface area contributed by atoms with Crippen molar-refractivity contribution in [1.82, 2.24) is 15.5 Å². The van der Waals surface area contributed by atoms with Crippen molar-refractivity contribution < 1.29 is 4.52 Å². The lowest BCUT2D eigenvalue weighted by Crippen LogP contribution is -2.16. The van der Waals surface area contributed by atoms with Gasteiger partial charge >= 0.3 is 0 Å². The summed E-state index contributed by atoms with van der Waals surface area (Å²) in [6.07, 6.45) is 2.12. The third kappa shape index (κ3) is 3.30. The number of hydrogen-bond acceptors (Lipinski definition) is 5. The molecule has 0 aliphatic heterocycles. The van der Waals surface area contributed by atoms with Crippen LogP contribution in [-0.4, -0.2) is 16.7 Å². The van der Waals surface area contributed by atoms with E-state index >= 15 is 0 Å². The lowest BCUT2D eigenvalue weighted by atomic mass is 10.4. The molecule has 2 rings (SSSR count). The van der Waals surface area contributed by atoms with E-state index in [-0.39, 0.29) is 0 Å². The van der Waals surface area contributed by atoms with E-state index in [1.807, 2.05) is 11.4 Å². The molecule has 0 aliphatic rings. The molecule has 1 N–H and O–H groups in total. The first kappa shape index (κ1) is 10.6. The van der Waals surface area contributed by atoms with Crippen LogP contribution in [0.5, 0.6) is 0 Å². The highest BCUT2D eigenvalue weighted by Gasteiger charge is 1.99. The Bertz CT molecular complexity index is 401. The summed E-state index contributed by atoms with van der Waals surface area (Å²) in [4.78, 5) is 5.16. The van der Waals surface area contributed by atoms with Crippen LogP contribution >= 0.6 is 22.9 Å². The fraction of sp³-hybridized carbons (Fsp3) is 0.333. The summed E-state index contributed by atoms with van der Waals surface area (Å²) in [7, 11) is 0. The SMILES string of the molecule is Clc1csc(CNCCc2ncon2)c1. The number of nitrogens with one attached hydrogen (secondary N) is 1. The van der Waals surface area contributed by atoms with Crippen LogP contribution in [0.2, 0.25) is 5.02 Å². The number of nitrogens with zero attached hydrogens (tertiary/aromatic N) is 2. The first-order valence-corrected chi connectivity index (χ1v) is 5.79. The molecule has 0 aliphatic carbocycles. The summed E-state index contributed by atoms with van der Waals surface area (Å²) < 4.78 is 4.63. The van der Waals surface area contributed by atoms with Gasteiger partial charge in [-0.15, -0.1) is 11.3 Å². The molecule has 0 saturated carbocycles. The molecular formula is C9H10ClN3OS. The molecule has 2 aromatic heterocycles. The predicted octanol–water partition coefficient (Wildman–Crippen LogP) is 2.12. The summed E-state index contributed by atoms with van der Waals surface area (Å²) in [5.74, 6) is 0.728. The summed E-state index contributed by atoms with van der Waals surface area (Å²) in [5.41, 5.74) is 0. The van der Waals surface area contributed by atoms with Crippen molar-refractivity contribution >= 4 is 22.9 Å². The summed E-state index contributed by atoms with van der Waals surface area (Å²) in [6.45, 7) is 1.66. The zero-order valence-corrected chi connectivity index (χ0v) is 9.51. The van der Waals surface area contributed by atoms with Crippen molar-refractivity contribution in [2.75, 3.05) is 6.54 Å². The van der Waals surface area contributed by atoms with Crippen molar-refractivity contribution in [3.63, 3.8) is 0 Å². The van der Waals surface area contributed by atoms with Crippen molar-refractivity contribution in [3.05, 3.63) is 33.6 Å². The lowest BCUT2D eigenvalue weighted by Gasteiger charge is -1.99. The molecule has 0 atom stereocenters. The van der Waals surface area contributed by atoms with Crippen molar-refractivity contribution in [3.8, 4) is 0 Å². The van der Waals surface area contributed by atoms with Gasteiger partial charge in [-0.1, -0.05) is 16.8 Å². The first-order chi connectivity index (χ1) is 7.34. The number of rotatable bonds is 5. The molecule has 15 heavy (non-hydrogen) atoms. The summed E-state index contributed by atoms with van der Waals surface area (Å²) >= 11 is 7.46. The van der Waals surface area contributed by atoms with E-state index in [2.05, 4.69) is 20.0 Å². The molecule has 0 spiro atoms. The third-order valence-electron chi connectivity index (χ3n) is 1.85. The molecule has 2 heterocycles. The van der Waals surface area contributed by atoms with E-state index in [1.165, 1.54) is 11.3 Å². The second-order valence-corrected chi connectivity index (χ2v) is 4.44. The van der Waals surface area contributed by atoms with Crippen LogP contribution in [0.1, 0.15) is 10.7 Å². The van der Waals surface area contributed by atoms with Gasteiger partial charge in [0.25, 0.3) is 0 Å². The Morgan fingerprint density at radius 1 is 1.53 bits per heavy atom. The fourth-order valence-corrected chi connectivity index (χ4v) is 2.20. The van der Waals surface area contributed by atoms with E-state index in [0.717, 1.165) is 30.4 Å². The van der Waals surface area contributed by atoms with Crippen LogP contribution in [0.15, 0.2) is 22.4 Å². The monoisotopic (exact) mass is 243 g/mol. The van der Waals surface area contributed by atoms with Gasteiger partial charge < -0.3 is 9.84 Å². The van der Waals surface area contributed by atoms with Crippen molar-refractivity contribution in [2.24, 2.45) is 0 Å². The minimum Gasteiger partial charge on any atom is -0.343 e. The highest BCUT2D eigenvalue weighted by Crippen LogP contribution is 2.18. The standard InChI is InChI=1S/C9H10ClN3OS/c10-7-3-8(15-5-7)4-11-2-1-9-12-6-14-13-9/h3,5-6,11H,1-2,4H2. The van der Waals surface area contributed by atoms with Crippen LogP contribution in [0, 0.1) is 0 Å². The Kier molecular flexibility index (Phi) is 3.71. The average molecular weight is 244 g/mol. The van der Waals surface area contributed by atoms with Crippen LogP contribution < -0.4 is 5.32 Å². The van der Waals surface area contributed by atoms with Gasteiger partial charge in [0.05, 0.1) is 5.02 Å². The van der Waals surface area contributed by atoms with E-state index < -0.39 is 0 Å². The first-order valence-electron chi connectivity index (χ1n) is 4.53. The molecule has 2 aromatic rings. The van der Waals surface area contributed by atoms with Crippen LogP contribution in [0.3, 0.4) is 0 Å². The molecule has 0 radical (unpaired) electrons. The Hall–Kier alpha value is -0.910. The Morgan fingerprint density at radius 3 is 3.13 bits per heavy atom.